The fourth-order valence-corrected chi connectivity index (χ4v) is 0.940. The van der Waals surface area contributed by atoms with Crippen molar-refractivity contribution in [2.24, 2.45) is 0 Å². The molecule has 1 heterocycles. The molecule has 0 atom stereocenters. The van der Waals surface area contributed by atoms with Crippen molar-refractivity contribution < 1.29 is 19.4 Å². The lowest BCUT2D eigenvalue weighted by atomic mass is 10.2. The Hall–Kier alpha value is -2.18. The van der Waals surface area contributed by atoms with Crippen LogP contribution in [-0.4, -0.2) is 32.7 Å². The van der Waals surface area contributed by atoms with Crippen LogP contribution in [-0.2, 0) is 4.74 Å². The van der Waals surface area contributed by atoms with E-state index in [2.05, 4.69) is 15.3 Å². The zero-order chi connectivity index (χ0) is 13.1. The highest BCUT2D eigenvalue weighted by Crippen LogP contribution is 2.09. The van der Waals surface area contributed by atoms with Gasteiger partial charge in [-0.15, -0.1) is 0 Å². The van der Waals surface area contributed by atoms with E-state index in [-0.39, 0.29) is 5.82 Å². The lowest BCUT2D eigenvalue weighted by Gasteiger charge is -2.19. The molecular weight excluding hydrogens is 226 g/mol. The predicted molar refractivity (Wildman–Crippen MR) is 58.8 cm³/mol. The van der Waals surface area contributed by atoms with Gasteiger partial charge in [-0.3, -0.25) is 5.32 Å². The summed E-state index contributed by atoms with van der Waals surface area (Å²) in [5, 5.41) is 11.0. The van der Waals surface area contributed by atoms with Gasteiger partial charge in [0.25, 0.3) is 0 Å². The average molecular weight is 239 g/mol. The molecule has 2 N–H and O–H groups in total. The quantitative estimate of drug-likeness (QED) is 0.811. The van der Waals surface area contributed by atoms with Gasteiger partial charge >= 0.3 is 12.1 Å². The van der Waals surface area contributed by atoms with Crippen LogP contribution in [0.4, 0.5) is 10.6 Å². The van der Waals surface area contributed by atoms with Gasteiger partial charge in [0.2, 0.25) is 5.82 Å². The molecule has 7 heteroatoms. The zero-order valence-corrected chi connectivity index (χ0v) is 9.72. The van der Waals surface area contributed by atoms with E-state index < -0.39 is 23.5 Å². The first-order chi connectivity index (χ1) is 7.78. The van der Waals surface area contributed by atoms with E-state index in [0.717, 1.165) is 0 Å². The van der Waals surface area contributed by atoms with Gasteiger partial charge in [0.1, 0.15) is 11.4 Å². The van der Waals surface area contributed by atoms with Crippen molar-refractivity contribution in [1.29, 1.82) is 0 Å². The molecule has 0 fully saturated rings. The third-order valence-corrected chi connectivity index (χ3v) is 1.48. The molecule has 92 valence electrons. The summed E-state index contributed by atoms with van der Waals surface area (Å²) < 4.78 is 4.98. The summed E-state index contributed by atoms with van der Waals surface area (Å²) in [6.07, 6.45) is 0.538. The summed E-state index contributed by atoms with van der Waals surface area (Å²) in [6, 6.07) is 1.37. The first kappa shape index (κ1) is 12.9. The lowest BCUT2D eigenvalue weighted by Crippen LogP contribution is -2.27. The Kier molecular flexibility index (Phi) is 3.62. The summed E-state index contributed by atoms with van der Waals surface area (Å²) in [4.78, 5) is 29.1. The van der Waals surface area contributed by atoms with Gasteiger partial charge in [0.15, 0.2) is 0 Å². The Labute approximate surface area is 97.8 Å². The smallest absolute Gasteiger partial charge is 0.413 e. The van der Waals surface area contributed by atoms with Gasteiger partial charge in [0, 0.05) is 6.20 Å². The summed E-state index contributed by atoms with van der Waals surface area (Å²) in [5.74, 6) is -1.58. The third-order valence-electron chi connectivity index (χ3n) is 1.48. The van der Waals surface area contributed by atoms with E-state index in [1.165, 1.54) is 12.3 Å². The third kappa shape index (κ3) is 4.45. The van der Waals surface area contributed by atoms with E-state index in [1.54, 1.807) is 20.8 Å². The maximum atomic E-state index is 11.4. The van der Waals surface area contributed by atoms with Crippen LogP contribution in [0.25, 0.3) is 0 Å². The number of anilines is 1. The molecule has 0 spiro atoms. The molecule has 0 aliphatic rings. The maximum absolute atomic E-state index is 11.4. The number of carboxylic acid groups (broad SMARTS) is 1. The molecule has 17 heavy (non-hydrogen) atoms. The largest absolute Gasteiger partial charge is 0.475 e. The number of carbonyl (C=O) groups excluding carboxylic acids is 1. The SMILES string of the molecule is CC(C)(C)OC(=O)Nc1ccnc(C(=O)O)n1. The number of aromatic carboxylic acids is 1. The monoisotopic (exact) mass is 239 g/mol. The molecular formula is C10H13N3O4. The molecule has 0 saturated heterocycles. The molecule has 0 bridgehead atoms. The van der Waals surface area contributed by atoms with Crippen LogP contribution in [0.3, 0.4) is 0 Å². The molecule has 1 rings (SSSR count). The molecule has 1 aromatic heterocycles. The van der Waals surface area contributed by atoms with Crippen molar-refractivity contribution in [3.05, 3.63) is 18.1 Å². The first-order valence-electron chi connectivity index (χ1n) is 4.84. The fraction of sp³-hybridized carbons (Fsp3) is 0.400. The second-order valence-corrected chi connectivity index (χ2v) is 4.20. The van der Waals surface area contributed by atoms with Crippen LogP contribution in [0, 0.1) is 0 Å². The van der Waals surface area contributed by atoms with E-state index in [4.69, 9.17) is 9.84 Å². The van der Waals surface area contributed by atoms with Crippen LogP contribution in [0.5, 0.6) is 0 Å². The van der Waals surface area contributed by atoms with Crippen molar-refractivity contribution >= 4 is 17.9 Å². The maximum Gasteiger partial charge on any atom is 0.413 e. The highest BCUT2D eigenvalue weighted by Gasteiger charge is 2.17. The minimum Gasteiger partial charge on any atom is -0.475 e. The van der Waals surface area contributed by atoms with Crippen molar-refractivity contribution in [3.63, 3.8) is 0 Å². The Morgan fingerprint density at radius 2 is 2.06 bits per heavy atom. The number of rotatable bonds is 2. The Morgan fingerprint density at radius 3 is 2.59 bits per heavy atom. The summed E-state index contributed by atoms with van der Waals surface area (Å²) in [5.41, 5.74) is -0.632. The van der Waals surface area contributed by atoms with Gasteiger partial charge in [-0.2, -0.15) is 0 Å². The molecule has 1 amide bonds. The first-order valence-corrected chi connectivity index (χ1v) is 4.84. The van der Waals surface area contributed by atoms with Gasteiger partial charge in [-0.1, -0.05) is 0 Å². The zero-order valence-electron chi connectivity index (χ0n) is 9.72. The summed E-state index contributed by atoms with van der Waals surface area (Å²) in [6.45, 7) is 5.15. The molecule has 0 unspecified atom stereocenters. The number of nitrogens with one attached hydrogen (secondary N) is 1. The van der Waals surface area contributed by atoms with Crippen LogP contribution in [0.1, 0.15) is 31.4 Å². The molecule has 0 radical (unpaired) electrons. The average Bonchev–Trinajstić information content (AvgIpc) is 2.14. The van der Waals surface area contributed by atoms with Crippen molar-refractivity contribution in [2.45, 2.75) is 26.4 Å². The summed E-state index contributed by atoms with van der Waals surface area (Å²) >= 11 is 0. The number of hydrogen-bond acceptors (Lipinski definition) is 5. The van der Waals surface area contributed by atoms with Gasteiger partial charge in [-0.05, 0) is 26.8 Å². The van der Waals surface area contributed by atoms with Gasteiger partial charge in [-0.25, -0.2) is 19.6 Å². The number of aromatic nitrogens is 2. The van der Waals surface area contributed by atoms with E-state index in [9.17, 15) is 9.59 Å². The topological polar surface area (TPSA) is 101 Å². The number of carboxylic acids is 1. The second kappa shape index (κ2) is 4.77. The second-order valence-electron chi connectivity index (χ2n) is 4.20. The lowest BCUT2D eigenvalue weighted by molar-refractivity contribution is 0.0630. The molecule has 7 nitrogen and oxygen atoms in total. The number of nitrogens with zero attached hydrogens (tertiary/aromatic N) is 2. The Bertz CT molecular complexity index is 439. The van der Waals surface area contributed by atoms with Crippen molar-refractivity contribution in [3.8, 4) is 0 Å². The number of ether oxygens (including phenoxy) is 1. The standard InChI is InChI=1S/C10H13N3O4/c1-10(2,3)17-9(16)13-6-4-5-11-7(12-6)8(14)15/h4-5H,1-3H3,(H,14,15)(H,11,12,13,16). The van der Waals surface area contributed by atoms with Crippen LogP contribution < -0.4 is 5.32 Å². The number of carbonyl (C=O) groups is 2. The molecule has 0 saturated carbocycles. The minimum absolute atomic E-state index is 0.0756. The molecule has 0 aliphatic heterocycles. The number of amides is 1. The Balaban J connectivity index is 2.72. The van der Waals surface area contributed by atoms with Crippen molar-refractivity contribution in [2.75, 3.05) is 5.32 Å². The Morgan fingerprint density at radius 1 is 1.41 bits per heavy atom. The van der Waals surface area contributed by atoms with Crippen molar-refractivity contribution in [1.82, 2.24) is 9.97 Å². The normalized spacial score (nSPS) is 10.8. The highest BCUT2D eigenvalue weighted by molar-refractivity contribution is 5.86. The van der Waals surface area contributed by atoms with E-state index in [1.807, 2.05) is 0 Å². The van der Waals surface area contributed by atoms with Crippen LogP contribution >= 0.6 is 0 Å². The molecule has 1 aromatic rings. The van der Waals surface area contributed by atoms with Crippen LogP contribution in [0.15, 0.2) is 12.3 Å². The van der Waals surface area contributed by atoms with E-state index >= 15 is 0 Å². The molecule has 0 aromatic carbocycles. The van der Waals surface area contributed by atoms with E-state index in [0.29, 0.717) is 0 Å². The van der Waals surface area contributed by atoms with Gasteiger partial charge < -0.3 is 9.84 Å². The predicted octanol–water partition coefficient (Wildman–Crippen LogP) is 1.52. The minimum atomic E-state index is -1.27. The highest BCUT2D eigenvalue weighted by atomic mass is 16.6. The number of hydrogen-bond donors (Lipinski definition) is 2. The van der Waals surface area contributed by atoms with Gasteiger partial charge in [0.05, 0.1) is 0 Å². The fourth-order valence-electron chi connectivity index (χ4n) is 0.940. The molecule has 0 aliphatic carbocycles. The van der Waals surface area contributed by atoms with Crippen LogP contribution in [0.2, 0.25) is 0 Å². The summed E-state index contributed by atoms with van der Waals surface area (Å²) in [7, 11) is 0.